The van der Waals surface area contributed by atoms with Crippen molar-refractivity contribution < 1.29 is 27.4 Å². The molecule has 2 aromatic carbocycles. The fraction of sp³-hybridized carbons (Fsp3) is 0.409. The van der Waals surface area contributed by atoms with Gasteiger partial charge in [0.1, 0.15) is 6.54 Å². The summed E-state index contributed by atoms with van der Waals surface area (Å²) in [6, 6.07) is 11.1. The molecule has 1 fully saturated rings. The summed E-state index contributed by atoms with van der Waals surface area (Å²) in [4.78, 5) is 14.8. The lowest BCUT2D eigenvalue weighted by Gasteiger charge is -2.31. The Bertz CT molecular complexity index is 979. The van der Waals surface area contributed by atoms with Gasteiger partial charge in [-0.2, -0.15) is 0 Å². The molecule has 0 unspecified atom stereocenters. The topological polar surface area (TPSA) is 85.4 Å². The summed E-state index contributed by atoms with van der Waals surface area (Å²) < 4.78 is 44.3. The van der Waals surface area contributed by atoms with Crippen LogP contribution >= 0.6 is 0 Å². The molecule has 0 N–H and O–H groups in total. The molecule has 168 valence electrons. The standard InChI is InChI=1S/C22H28N2O6S/c1-28-19-14-17(15-20(29-2)22(19)30-3)24(16-21(25)23-12-8-5-9-13-23)31(26,27)18-10-6-4-7-11-18/h4,6-7,10-11,14-15H,5,8-9,12-13,16H2,1-3H3. The molecular weight excluding hydrogens is 420 g/mol. The molecule has 3 rings (SSSR count). The largest absolute Gasteiger partial charge is 0.493 e. The van der Waals surface area contributed by atoms with E-state index in [9.17, 15) is 13.2 Å². The minimum Gasteiger partial charge on any atom is -0.493 e. The number of sulfonamides is 1. The number of piperidine rings is 1. The van der Waals surface area contributed by atoms with Gasteiger partial charge >= 0.3 is 0 Å². The zero-order valence-corrected chi connectivity index (χ0v) is 18.9. The fourth-order valence-electron chi connectivity index (χ4n) is 3.61. The average molecular weight is 449 g/mol. The third kappa shape index (κ3) is 4.87. The maximum atomic E-state index is 13.5. The van der Waals surface area contributed by atoms with Crippen molar-refractivity contribution >= 4 is 21.6 Å². The van der Waals surface area contributed by atoms with Gasteiger partial charge in [-0.3, -0.25) is 9.10 Å². The van der Waals surface area contributed by atoms with Gasteiger partial charge in [0, 0.05) is 25.2 Å². The Balaban J connectivity index is 2.08. The van der Waals surface area contributed by atoms with Gasteiger partial charge in [-0.05, 0) is 31.4 Å². The summed E-state index contributed by atoms with van der Waals surface area (Å²) in [5.41, 5.74) is 0.253. The van der Waals surface area contributed by atoms with E-state index in [1.807, 2.05) is 0 Å². The van der Waals surface area contributed by atoms with Crippen molar-refractivity contribution in [3.63, 3.8) is 0 Å². The summed E-state index contributed by atoms with van der Waals surface area (Å²) in [6.07, 6.45) is 2.91. The van der Waals surface area contributed by atoms with Crippen molar-refractivity contribution in [2.75, 3.05) is 45.3 Å². The number of hydrogen-bond acceptors (Lipinski definition) is 6. The van der Waals surface area contributed by atoms with Crippen LogP contribution in [0.15, 0.2) is 47.4 Å². The van der Waals surface area contributed by atoms with Crippen molar-refractivity contribution in [2.24, 2.45) is 0 Å². The van der Waals surface area contributed by atoms with Crippen molar-refractivity contribution in [3.8, 4) is 17.2 Å². The van der Waals surface area contributed by atoms with Gasteiger partial charge < -0.3 is 19.1 Å². The molecule has 0 aliphatic carbocycles. The quantitative estimate of drug-likeness (QED) is 0.617. The zero-order chi connectivity index (χ0) is 22.4. The summed E-state index contributed by atoms with van der Waals surface area (Å²) in [5, 5.41) is 0. The van der Waals surface area contributed by atoms with Gasteiger partial charge in [-0.15, -0.1) is 0 Å². The van der Waals surface area contributed by atoms with E-state index in [1.165, 1.54) is 45.6 Å². The highest BCUT2D eigenvalue weighted by Crippen LogP contribution is 2.42. The molecule has 0 radical (unpaired) electrons. The van der Waals surface area contributed by atoms with E-state index < -0.39 is 10.0 Å². The third-order valence-electron chi connectivity index (χ3n) is 5.26. The first-order valence-corrected chi connectivity index (χ1v) is 11.5. The van der Waals surface area contributed by atoms with E-state index in [0.717, 1.165) is 23.6 Å². The summed E-state index contributed by atoms with van der Waals surface area (Å²) >= 11 is 0. The van der Waals surface area contributed by atoms with Crippen LogP contribution in [0.5, 0.6) is 17.2 Å². The van der Waals surface area contributed by atoms with E-state index in [-0.39, 0.29) is 23.0 Å². The lowest BCUT2D eigenvalue weighted by molar-refractivity contribution is -0.130. The molecule has 9 heteroatoms. The van der Waals surface area contributed by atoms with Gasteiger partial charge in [-0.25, -0.2) is 8.42 Å². The molecule has 8 nitrogen and oxygen atoms in total. The van der Waals surface area contributed by atoms with Gasteiger partial charge in [0.05, 0.1) is 31.9 Å². The van der Waals surface area contributed by atoms with Crippen LogP contribution in [0.4, 0.5) is 5.69 Å². The van der Waals surface area contributed by atoms with Crippen molar-refractivity contribution in [1.82, 2.24) is 4.90 Å². The summed E-state index contributed by atoms with van der Waals surface area (Å²) in [7, 11) is 0.356. The van der Waals surface area contributed by atoms with Crippen LogP contribution in [0.25, 0.3) is 0 Å². The first kappa shape index (κ1) is 22.7. The van der Waals surface area contributed by atoms with E-state index in [2.05, 4.69) is 0 Å². The number of likely N-dealkylation sites (tertiary alicyclic amines) is 1. The second-order valence-electron chi connectivity index (χ2n) is 7.15. The number of rotatable bonds is 8. The molecule has 0 bridgehead atoms. The van der Waals surface area contributed by atoms with Crippen LogP contribution < -0.4 is 18.5 Å². The molecule has 1 aliphatic heterocycles. The maximum Gasteiger partial charge on any atom is 0.264 e. The zero-order valence-electron chi connectivity index (χ0n) is 18.0. The normalized spacial score (nSPS) is 14.1. The number of carbonyl (C=O) groups is 1. The Morgan fingerprint density at radius 1 is 0.935 bits per heavy atom. The fourth-order valence-corrected chi connectivity index (χ4v) is 5.03. The number of anilines is 1. The van der Waals surface area contributed by atoms with Crippen LogP contribution in [0.2, 0.25) is 0 Å². The highest BCUT2D eigenvalue weighted by Gasteiger charge is 2.31. The van der Waals surface area contributed by atoms with Gasteiger partial charge in [0.15, 0.2) is 11.5 Å². The number of nitrogens with zero attached hydrogens (tertiary/aromatic N) is 2. The lowest BCUT2D eigenvalue weighted by atomic mass is 10.1. The highest BCUT2D eigenvalue weighted by atomic mass is 32.2. The smallest absolute Gasteiger partial charge is 0.264 e. The molecule has 1 saturated heterocycles. The predicted octanol–water partition coefficient (Wildman–Crippen LogP) is 2.92. The van der Waals surface area contributed by atoms with E-state index in [0.29, 0.717) is 30.3 Å². The average Bonchev–Trinajstić information content (AvgIpc) is 2.82. The van der Waals surface area contributed by atoms with Gasteiger partial charge in [0.2, 0.25) is 11.7 Å². The number of benzene rings is 2. The van der Waals surface area contributed by atoms with Crippen molar-refractivity contribution in [2.45, 2.75) is 24.2 Å². The number of ether oxygens (including phenoxy) is 3. The molecule has 0 saturated carbocycles. The molecule has 31 heavy (non-hydrogen) atoms. The third-order valence-corrected chi connectivity index (χ3v) is 7.04. The van der Waals surface area contributed by atoms with Crippen LogP contribution in [-0.2, 0) is 14.8 Å². The number of amides is 1. The highest BCUT2D eigenvalue weighted by molar-refractivity contribution is 7.92. The first-order chi connectivity index (χ1) is 14.9. The summed E-state index contributed by atoms with van der Waals surface area (Å²) in [5.74, 6) is 0.701. The second kappa shape index (κ2) is 9.91. The molecule has 2 aromatic rings. The van der Waals surface area contributed by atoms with E-state index >= 15 is 0 Å². The molecule has 1 aliphatic rings. The van der Waals surface area contributed by atoms with Crippen LogP contribution in [0, 0.1) is 0 Å². The Kier molecular flexibility index (Phi) is 7.27. The van der Waals surface area contributed by atoms with Crippen molar-refractivity contribution in [1.29, 1.82) is 0 Å². The minimum atomic E-state index is -4.02. The predicted molar refractivity (Wildman–Crippen MR) is 118 cm³/mol. The van der Waals surface area contributed by atoms with Crippen LogP contribution in [0.1, 0.15) is 19.3 Å². The number of hydrogen-bond donors (Lipinski definition) is 0. The maximum absolute atomic E-state index is 13.5. The molecule has 1 heterocycles. The minimum absolute atomic E-state index is 0.0928. The first-order valence-electron chi connectivity index (χ1n) is 10.1. The Morgan fingerprint density at radius 3 is 2.03 bits per heavy atom. The Labute approximate surface area is 183 Å². The van der Waals surface area contributed by atoms with E-state index in [4.69, 9.17) is 14.2 Å². The summed E-state index contributed by atoms with van der Waals surface area (Å²) in [6.45, 7) is 0.941. The van der Waals surface area contributed by atoms with Gasteiger partial charge in [0.25, 0.3) is 10.0 Å². The Morgan fingerprint density at radius 2 is 1.52 bits per heavy atom. The Hall–Kier alpha value is -2.94. The van der Waals surface area contributed by atoms with E-state index in [1.54, 1.807) is 23.1 Å². The monoisotopic (exact) mass is 448 g/mol. The number of methoxy groups -OCH3 is 3. The second-order valence-corrected chi connectivity index (χ2v) is 9.01. The molecule has 0 atom stereocenters. The lowest BCUT2D eigenvalue weighted by Crippen LogP contribution is -2.44. The SMILES string of the molecule is COc1cc(N(CC(=O)N2CCCCC2)S(=O)(=O)c2ccccc2)cc(OC)c1OC. The molecular formula is C22H28N2O6S. The van der Waals surface area contributed by atoms with Crippen LogP contribution in [-0.4, -0.2) is 60.2 Å². The molecule has 1 amide bonds. The molecule has 0 aromatic heterocycles. The van der Waals surface area contributed by atoms with Crippen LogP contribution in [0.3, 0.4) is 0 Å². The number of carbonyl (C=O) groups excluding carboxylic acids is 1. The molecule has 0 spiro atoms. The van der Waals surface area contributed by atoms with Gasteiger partial charge in [-0.1, -0.05) is 18.2 Å². The van der Waals surface area contributed by atoms with Crippen molar-refractivity contribution in [3.05, 3.63) is 42.5 Å².